The van der Waals surface area contributed by atoms with Gasteiger partial charge in [-0.2, -0.15) is 0 Å². The van der Waals surface area contributed by atoms with Crippen LogP contribution in [0.3, 0.4) is 0 Å². The Bertz CT molecular complexity index is 944. The standard InChI is InChI=1S/C23H26N2O4S/c1-27-11-5-12-29-20-15-17(8-9-18-6-3-4-7-21(18)28-2)14-19(16-20)22(26)25-23-24-10-13-30-23/h3-4,6-7,10,13-16H,5,8-9,11-12H2,1-2H3,(H,24,25,26). The van der Waals surface area contributed by atoms with Crippen molar-refractivity contribution < 1.29 is 19.0 Å². The maximum Gasteiger partial charge on any atom is 0.257 e. The van der Waals surface area contributed by atoms with Crippen LogP contribution >= 0.6 is 11.3 Å². The molecule has 0 spiro atoms. The van der Waals surface area contributed by atoms with Gasteiger partial charge in [0, 0.05) is 37.3 Å². The van der Waals surface area contributed by atoms with Crippen molar-refractivity contribution in [1.82, 2.24) is 4.98 Å². The summed E-state index contributed by atoms with van der Waals surface area (Å²) < 4.78 is 16.4. The van der Waals surface area contributed by atoms with Crippen molar-refractivity contribution in [1.29, 1.82) is 0 Å². The smallest absolute Gasteiger partial charge is 0.257 e. The number of carbonyl (C=O) groups excluding carboxylic acids is 1. The van der Waals surface area contributed by atoms with Crippen molar-refractivity contribution in [3.05, 3.63) is 70.7 Å². The van der Waals surface area contributed by atoms with Gasteiger partial charge in [-0.1, -0.05) is 18.2 Å². The zero-order valence-corrected chi connectivity index (χ0v) is 18.0. The largest absolute Gasteiger partial charge is 0.496 e. The molecule has 0 atom stereocenters. The first kappa shape index (κ1) is 21.8. The van der Waals surface area contributed by atoms with Gasteiger partial charge in [0.1, 0.15) is 11.5 Å². The van der Waals surface area contributed by atoms with E-state index in [1.807, 2.05) is 35.7 Å². The number of hydrogen-bond donors (Lipinski definition) is 1. The summed E-state index contributed by atoms with van der Waals surface area (Å²) in [5.74, 6) is 1.34. The van der Waals surface area contributed by atoms with Crippen molar-refractivity contribution >= 4 is 22.4 Å². The van der Waals surface area contributed by atoms with Crippen LogP contribution < -0.4 is 14.8 Å². The third-order valence-electron chi connectivity index (χ3n) is 4.52. The van der Waals surface area contributed by atoms with Gasteiger partial charge in [0.15, 0.2) is 5.13 Å². The van der Waals surface area contributed by atoms with Gasteiger partial charge in [0.2, 0.25) is 0 Å². The number of aromatic nitrogens is 1. The van der Waals surface area contributed by atoms with Crippen molar-refractivity contribution in [2.24, 2.45) is 0 Å². The number of aryl methyl sites for hydroxylation is 2. The van der Waals surface area contributed by atoms with Gasteiger partial charge in [-0.3, -0.25) is 10.1 Å². The fourth-order valence-corrected chi connectivity index (χ4v) is 3.58. The quantitative estimate of drug-likeness (QED) is 0.454. The van der Waals surface area contributed by atoms with Gasteiger partial charge < -0.3 is 14.2 Å². The predicted molar refractivity (Wildman–Crippen MR) is 119 cm³/mol. The molecular formula is C23H26N2O4S. The van der Waals surface area contributed by atoms with Crippen LogP contribution in [0.1, 0.15) is 27.9 Å². The first-order valence-electron chi connectivity index (χ1n) is 9.78. The third-order valence-corrected chi connectivity index (χ3v) is 5.21. The summed E-state index contributed by atoms with van der Waals surface area (Å²) in [5, 5.41) is 5.23. The summed E-state index contributed by atoms with van der Waals surface area (Å²) in [6.07, 6.45) is 3.99. The van der Waals surface area contributed by atoms with E-state index in [2.05, 4.69) is 16.4 Å². The van der Waals surface area contributed by atoms with E-state index < -0.39 is 0 Å². The molecule has 0 fully saturated rings. The molecule has 0 aliphatic heterocycles. The SMILES string of the molecule is COCCCOc1cc(CCc2ccccc2OC)cc(C(=O)Nc2nccs2)c1. The lowest BCUT2D eigenvalue weighted by molar-refractivity contribution is 0.102. The molecule has 3 rings (SSSR count). The van der Waals surface area contributed by atoms with Gasteiger partial charge in [-0.05, 0) is 48.2 Å². The second kappa shape index (κ2) is 11.3. The van der Waals surface area contributed by atoms with Crippen LogP contribution in [0.25, 0.3) is 0 Å². The minimum absolute atomic E-state index is 0.203. The van der Waals surface area contributed by atoms with Crippen molar-refractivity contribution in [2.45, 2.75) is 19.3 Å². The van der Waals surface area contributed by atoms with E-state index in [4.69, 9.17) is 14.2 Å². The molecule has 158 valence electrons. The number of nitrogens with one attached hydrogen (secondary N) is 1. The predicted octanol–water partition coefficient (Wildman–Crippen LogP) is 4.60. The van der Waals surface area contributed by atoms with Crippen LogP contribution in [-0.4, -0.2) is 38.3 Å². The molecule has 0 unspecified atom stereocenters. The Balaban J connectivity index is 1.76. The molecule has 3 aromatic rings. The van der Waals surface area contributed by atoms with Crippen molar-refractivity contribution in [3.63, 3.8) is 0 Å². The van der Waals surface area contributed by atoms with Crippen LogP contribution in [0.5, 0.6) is 11.5 Å². The molecule has 0 radical (unpaired) electrons. The Labute approximate surface area is 180 Å². The number of ether oxygens (including phenoxy) is 3. The number of methoxy groups -OCH3 is 2. The van der Waals surface area contributed by atoms with E-state index in [1.165, 1.54) is 11.3 Å². The summed E-state index contributed by atoms with van der Waals surface area (Å²) in [7, 11) is 3.34. The van der Waals surface area contributed by atoms with Gasteiger partial charge in [-0.15, -0.1) is 11.3 Å². The lowest BCUT2D eigenvalue weighted by Gasteiger charge is -2.12. The highest BCUT2D eigenvalue weighted by atomic mass is 32.1. The number of anilines is 1. The van der Waals surface area contributed by atoms with Crippen molar-refractivity contribution in [3.8, 4) is 11.5 Å². The molecule has 0 saturated heterocycles. The molecule has 7 heteroatoms. The number of thiazole rings is 1. The highest BCUT2D eigenvalue weighted by Crippen LogP contribution is 2.23. The molecule has 1 heterocycles. The lowest BCUT2D eigenvalue weighted by Crippen LogP contribution is -2.13. The second-order valence-corrected chi connectivity index (χ2v) is 7.56. The molecular weight excluding hydrogens is 400 g/mol. The molecule has 0 bridgehead atoms. The van der Waals surface area contributed by atoms with Crippen LogP contribution in [0.15, 0.2) is 54.0 Å². The number of amides is 1. The van der Waals surface area contributed by atoms with Crippen LogP contribution in [0, 0.1) is 0 Å². The zero-order valence-electron chi connectivity index (χ0n) is 17.2. The number of para-hydroxylation sites is 1. The molecule has 1 aromatic heterocycles. The molecule has 0 saturated carbocycles. The van der Waals surface area contributed by atoms with Crippen LogP contribution in [0.2, 0.25) is 0 Å². The Morgan fingerprint density at radius 2 is 1.97 bits per heavy atom. The zero-order chi connectivity index (χ0) is 21.2. The molecule has 0 aliphatic rings. The van der Waals surface area contributed by atoms with Gasteiger partial charge in [-0.25, -0.2) is 4.98 Å². The fourth-order valence-electron chi connectivity index (χ4n) is 3.06. The number of benzene rings is 2. The van der Waals surface area contributed by atoms with Gasteiger partial charge in [0.05, 0.1) is 13.7 Å². The molecule has 1 N–H and O–H groups in total. The lowest BCUT2D eigenvalue weighted by atomic mass is 10.0. The number of carbonyl (C=O) groups is 1. The van der Waals surface area contributed by atoms with E-state index in [-0.39, 0.29) is 5.91 Å². The normalized spacial score (nSPS) is 10.6. The maximum atomic E-state index is 12.7. The Morgan fingerprint density at radius 1 is 1.10 bits per heavy atom. The Hall–Kier alpha value is -2.90. The highest BCUT2D eigenvalue weighted by Gasteiger charge is 2.12. The maximum absolute atomic E-state index is 12.7. The summed E-state index contributed by atoms with van der Waals surface area (Å²) >= 11 is 1.38. The Morgan fingerprint density at radius 3 is 2.73 bits per heavy atom. The minimum atomic E-state index is -0.203. The number of rotatable bonds is 11. The summed E-state index contributed by atoms with van der Waals surface area (Å²) in [6.45, 7) is 1.15. The number of nitrogens with zero attached hydrogens (tertiary/aromatic N) is 1. The summed E-state index contributed by atoms with van der Waals surface area (Å²) in [5.41, 5.74) is 2.69. The monoisotopic (exact) mass is 426 g/mol. The molecule has 1 amide bonds. The van der Waals surface area contributed by atoms with E-state index >= 15 is 0 Å². The fraction of sp³-hybridized carbons (Fsp3) is 0.304. The summed E-state index contributed by atoms with van der Waals surface area (Å²) in [6, 6.07) is 13.6. The average molecular weight is 427 g/mol. The first-order valence-corrected chi connectivity index (χ1v) is 10.7. The highest BCUT2D eigenvalue weighted by molar-refractivity contribution is 7.13. The van der Waals surface area contributed by atoms with Gasteiger partial charge >= 0.3 is 0 Å². The van der Waals surface area contributed by atoms with Crippen LogP contribution in [0.4, 0.5) is 5.13 Å². The van der Waals surface area contributed by atoms with E-state index in [0.717, 1.165) is 36.1 Å². The molecule has 30 heavy (non-hydrogen) atoms. The molecule has 0 aliphatic carbocycles. The van der Waals surface area contributed by atoms with E-state index in [1.54, 1.807) is 26.5 Å². The van der Waals surface area contributed by atoms with Crippen LogP contribution in [-0.2, 0) is 17.6 Å². The molecule has 6 nitrogen and oxygen atoms in total. The third kappa shape index (κ3) is 6.30. The van der Waals surface area contributed by atoms with Crippen molar-refractivity contribution in [2.75, 3.05) is 32.8 Å². The van der Waals surface area contributed by atoms with Gasteiger partial charge in [0.25, 0.3) is 5.91 Å². The number of hydrogen-bond acceptors (Lipinski definition) is 6. The summed E-state index contributed by atoms with van der Waals surface area (Å²) in [4.78, 5) is 16.8. The second-order valence-electron chi connectivity index (χ2n) is 6.66. The van der Waals surface area contributed by atoms with E-state index in [0.29, 0.717) is 29.7 Å². The van der Waals surface area contributed by atoms with E-state index in [9.17, 15) is 4.79 Å². The minimum Gasteiger partial charge on any atom is -0.496 e. The first-order chi connectivity index (χ1) is 14.7. The topological polar surface area (TPSA) is 69.7 Å². The average Bonchev–Trinajstić information content (AvgIpc) is 3.28. The molecule has 2 aromatic carbocycles. The Kier molecular flexibility index (Phi) is 8.23.